The topological polar surface area (TPSA) is 80.3 Å². The van der Waals surface area contributed by atoms with Gasteiger partial charge in [-0.05, 0) is 44.0 Å². The number of hydrogen-bond donors (Lipinski definition) is 2. The van der Waals surface area contributed by atoms with Crippen LogP contribution in [0.4, 0.5) is 11.5 Å². The number of para-hydroxylation sites is 1. The lowest BCUT2D eigenvalue weighted by Crippen LogP contribution is -2.25. The minimum absolute atomic E-state index is 0.110. The number of benzene rings is 1. The number of carbonyl (C=O) groups excluding carboxylic acids is 2. The molecule has 1 saturated carbocycles. The molecule has 1 amide bonds. The summed E-state index contributed by atoms with van der Waals surface area (Å²) in [5.41, 5.74) is 1.55. The largest absolute Gasteiger partial charge is 0.462 e. The van der Waals surface area contributed by atoms with Crippen molar-refractivity contribution in [2.24, 2.45) is 0 Å². The third kappa shape index (κ3) is 3.90. The van der Waals surface area contributed by atoms with Gasteiger partial charge < -0.3 is 15.4 Å². The Morgan fingerprint density at radius 2 is 2.04 bits per heavy atom. The summed E-state index contributed by atoms with van der Waals surface area (Å²) in [6.45, 7) is 2.07. The van der Waals surface area contributed by atoms with Crippen molar-refractivity contribution in [3.05, 3.63) is 53.7 Å². The number of aromatic nitrogens is 1. The van der Waals surface area contributed by atoms with Gasteiger partial charge in [-0.1, -0.05) is 12.1 Å². The zero-order valence-electron chi connectivity index (χ0n) is 13.4. The first-order chi connectivity index (χ1) is 11.7. The molecule has 1 heterocycles. The van der Waals surface area contributed by atoms with Crippen molar-refractivity contribution in [1.29, 1.82) is 0 Å². The molecule has 1 aromatic carbocycles. The fourth-order valence-corrected chi connectivity index (χ4v) is 2.25. The van der Waals surface area contributed by atoms with Crippen LogP contribution in [0.5, 0.6) is 0 Å². The third-order valence-electron chi connectivity index (χ3n) is 3.62. The van der Waals surface area contributed by atoms with E-state index in [1.807, 2.05) is 6.07 Å². The van der Waals surface area contributed by atoms with E-state index in [1.54, 1.807) is 43.5 Å². The van der Waals surface area contributed by atoms with Crippen LogP contribution in [-0.2, 0) is 4.74 Å². The molecule has 1 fully saturated rings. The van der Waals surface area contributed by atoms with Gasteiger partial charge in [0.05, 0.1) is 17.9 Å². The number of ether oxygens (including phenoxy) is 1. The molecule has 0 unspecified atom stereocenters. The smallest absolute Gasteiger partial charge is 0.340 e. The quantitative estimate of drug-likeness (QED) is 0.798. The Bertz CT molecular complexity index is 757. The van der Waals surface area contributed by atoms with E-state index >= 15 is 0 Å². The fraction of sp³-hybridized carbons (Fsp3) is 0.278. The number of carbonyl (C=O) groups is 2. The average molecular weight is 325 g/mol. The monoisotopic (exact) mass is 325 g/mol. The Kier molecular flexibility index (Phi) is 4.74. The molecule has 124 valence electrons. The van der Waals surface area contributed by atoms with Gasteiger partial charge in [0.1, 0.15) is 5.82 Å². The van der Waals surface area contributed by atoms with Gasteiger partial charge in [-0.2, -0.15) is 0 Å². The molecule has 2 aromatic rings. The van der Waals surface area contributed by atoms with E-state index < -0.39 is 5.97 Å². The predicted octanol–water partition coefficient (Wildman–Crippen LogP) is 2.89. The van der Waals surface area contributed by atoms with Gasteiger partial charge >= 0.3 is 5.97 Å². The summed E-state index contributed by atoms with van der Waals surface area (Å²) in [6, 6.07) is 10.7. The number of rotatable bonds is 6. The summed E-state index contributed by atoms with van der Waals surface area (Å²) in [5, 5.41) is 6.02. The van der Waals surface area contributed by atoms with Crippen LogP contribution in [0.1, 0.15) is 40.5 Å². The maximum absolute atomic E-state index is 12.1. The van der Waals surface area contributed by atoms with Gasteiger partial charge in [0.2, 0.25) is 0 Å². The van der Waals surface area contributed by atoms with E-state index in [4.69, 9.17) is 4.74 Å². The van der Waals surface area contributed by atoms with E-state index in [-0.39, 0.29) is 5.91 Å². The highest BCUT2D eigenvalue weighted by atomic mass is 16.5. The van der Waals surface area contributed by atoms with Crippen LogP contribution in [0.25, 0.3) is 0 Å². The highest BCUT2D eigenvalue weighted by Crippen LogP contribution is 2.22. The van der Waals surface area contributed by atoms with Gasteiger partial charge in [0, 0.05) is 17.8 Å². The van der Waals surface area contributed by atoms with Crippen molar-refractivity contribution in [2.75, 3.05) is 11.9 Å². The Balaban J connectivity index is 1.78. The number of hydrogen-bond acceptors (Lipinski definition) is 5. The van der Waals surface area contributed by atoms with Gasteiger partial charge in [0.25, 0.3) is 5.91 Å². The summed E-state index contributed by atoms with van der Waals surface area (Å²) in [7, 11) is 0. The lowest BCUT2D eigenvalue weighted by Gasteiger charge is -2.11. The van der Waals surface area contributed by atoms with E-state index in [0.717, 1.165) is 12.8 Å². The molecule has 0 bridgehead atoms. The second kappa shape index (κ2) is 7.12. The molecule has 1 aromatic heterocycles. The first kappa shape index (κ1) is 16.0. The summed E-state index contributed by atoms with van der Waals surface area (Å²) in [4.78, 5) is 28.3. The summed E-state index contributed by atoms with van der Waals surface area (Å²) in [5.74, 6) is -0.0138. The van der Waals surface area contributed by atoms with E-state index in [1.165, 1.54) is 0 Å². The minimum atomic E-state index is -0.400. The van der Waals surface area contributed by atoms with Crippen LogP contribution in [0.3, 0.4) is 0 Å². The summed E-state index contributed by atoms with van der Waals surface area (Å²) >= 11 is 0. The molecule has 3 rings (SSSR count). The predicted molar refractivity (Wildman–Crippen MR) is 90.4 cm³/mol. The summed E-state index contributed by atoms with van der Waals surface area (Å²) in [6.07, 6.45) is 3.64. The Morgan fingerprint density at radius 3 is 2.79 bits per heavy atom. The molecule has 6 heteroatoms. The lowest BCUT2D eigenvalue weighted by molar-refractivity contribution is 0.0527. The first-order valence-corrected chi connectivity index (χ1v) is 7.97. The van der Waals surface area contributed by atoms with Gasteiger partial charge in [0.15, 0.2) is 0 Å². The van der Waals surface area contributed by atoms with Crippen molar-refractivity contribution >= 4 is 23.4 Å². The maximum Gasteiger partial charge on any atom is 0.340 e. The maximum atomic E-state index is 12.1. The number of nitrogens with zero attached hydrogens (tertiary/aromatic N) is 1. The molecule has 24 heavy (non-hydrogen) atoms. The number of anilines is 2. The Hall–Kier alpha value is -2.89. The van der Waals surface area contributed by atoms with Crippen molar-refractivity contribution in [3.8, 4) is 0 Å². The van der Waals surface area contributed by atoms with Gasteiger partial charge in [-0.25, -0.2) is 9.78 Å². The van der Waals surface area contributed by atoms with Crippen molar-refractivity contribution in [2.45, 2.75) is 25.8 Å². The van der Waals surface area contributed by atoms with Crippen LogP contribution < -0.4 is 10.6 Å². The number of nitrogens with one attached hydrogen (secondary N) is 2. The zero-order valence-corrected chi connectivity index (χ0v) is 13.4. The Morgan fingerprint density at radius 1 is 1.25 bits per heavy atom. The molecule has 0 atom stereocenters. The molecule has 0 saturated heterocycles. The van der Waals surface area contributed by atoms with E-state index in [0.29, 0.717) is 35.3 Å². The second-order valence-electron chi connectivity index (χ2n) is 5.57. The van der Waals surface area contributed by atoms with Crippen LogP contribution in [-0.4, -0.2) is 29.5 Å². The number of amides is 1. The third-order valence-corrected chi connectivity index (χ3v) is 3.62. The zero-order chi connectivity index (χ0) is 16.9. The van der Waals surface area contributed by atoms with Crippen LogP contribution in [0.2, 0.25) is 0 Å². The molecule has 0 aliphatic heterocycles. The standard InChI is InChI=1S/C18H19N3O3/c1-2-24-18(23)14-5-3-4-6-15(14)21-16-11-12(9-10-19-16)17(22)20-13-7-8-13/h3-6,9-11,13H,2,7-8H2,1H3,(H,19,21)(H,20,22). The normalized spacial score (nSPS) is 13.2. The molecule has 0 radical (unpaired) electrons. The van der Waals surface area contributed by atoms with E-state index in [9.17, 15) is 9.59 Å². The molecular formula is C18H19N3O3. The average Bonchev–Trinajstić information content (AvgIpc) is 3.40. The molecule has 1 aliphatic rings. The van der Waals surface area contributed by atoms with Gasteiger partial charge in [-0.3, -0.25) is 4.79 Å². The van der Waals surface area contributed by atoms with Crippen molar-refractivity contribution < 1.29 is 14.3 Å². The number of pyridine rings is 1. The fourth-order valence-electron chi connectivity index (χ4n) is 2.25. The SMILES string of the molecule is CCOC(=O)c1ccccc1Nc1cc(C(=O)NC2CC2)ccn1. The second-order valence-corrected chi connectivity index (χ2v) is 5.57. The molecule has 0 spiro atoms. The van der Waals surface area contributed by atoms with Crippen molar-refractivity contribution in [3.63, 3.8) is 0 Å². The Labute approximate surface area is 140 Å². The minimum Gasteiger partial charge on any atom is -0.462 e. The van der Waals surface area contributed by atoms with Gasteiger partial charge in [-0.15, -0.1) is 0 Å². The van der Waals surface area contributed by atoms with Crippen LogP contribution in [0, 0.1) is 0 Å². The molecule has 1 aliphatic carbocycles. The molecule has 6 nitrogen and oxygen atoms in total. The van der Waals surface area contributed by atoms with Crippen LogP contribution in [0.15, 0.2) is 42.6 Å². The van der Waals surface area contributed by atoms with Crippen LogP contribution >= 0.6 is 0 Å². The van der Waals surface area contributed by atoms with Crippen molar-refractivity contribution in [1.82, 2.24) is 10.3 Å². The molecular weight excluding hydrogens is 306 g/mol. The van der Waals surface area contributed by atoms with E-state index in [2.05, 4.69) is 15.6 Å². The lowest BCUT2D eigenvalue weighted by atomic mass is 10.1. The summed E-state index contributed by atoms with van der Waals surface area (Å²) < 4.78 is 5.06. The highest BCUT2D eigenvalue weighted by Gasteiger charge is 2.24. The highest BCUT2D eigenvalue weighted by molar-refractivity contribution is 5.97. The molecule has 2 N–H and O–H groups in total. The number of esters is 1. The first-order valence-electron chi connectivity index (χ1n) is 7.97.